The minimum atomic E-state index is -4.57. The third kappa shape index (κ3) is 17.3. The SMILES string of the molecule is CC(C)[C@@H](C(=O)N1C[C@H](O)C[C@H]1C(=O)N[C@@H](C)c1ccc(C#N)cc1)c1cc(OCCN2CCC(OC3CC(Oc4cc(N5C6CCC5CN(c5cc(-c7ccccc7OCOP(=O)(O)OCCNC(=O)CCCCCN7C(=O)C=CC7=O)nnc5N)C6)ccn4)C3)CC2)no1. The van der Waals surface area contributed by atoms with Crippen LogP contribution in [0.5, 0.6) is 17.5 Å². The van der Waals surface area contributed by atoms with E-state index in [0.29, 0.717) is 86.3 Å². The van der Waals surface area contributed by atoms with Gasteiger partial charge in [-0.1, -0.05) is 44.5 Å². The number of carbonyl (C=O) groups is 5. The first kappa shape index (κ1) is 68.8. The number of nitrogen functional groups attached to an aromatic ring is 1. The van der Waals surface area contributed by atoms with Crippen molar-refractivity contribution >= 4 is 54.6 Å². The van der Waals surface area contributed by atoms with Crippen molar-refractivity contribution in [2.24, 2.45) is 5.92 Å². The molecule has 8 heterocycles. The van der Waals surface area contributed by atoms with E-state index in [2.05, 4.69) is 51.7 Å². The van der Waals surface area contributed by atoms with Gasteiger partial charge in [0.2, 0.25) is 23.6 Å². The van der Waals surface area contributed by atoms with E-state index in [0.717, 1.165) is 73.5 Å². The Hall–Kier alpha value is -8.55. The van der Waals surface area contributed by atoms with Crippen LogP contribution in [0.4, 0.5) is 17.2 Å². The number of likely N-dealkylation sites (tertiary alicyclic amines) is 2. The fourth-order valence-electron chi connectivity index (χ4n) is 13.4. The summed E-state index contributed by atoms with van der Waals surface area (Å²) in [6.45, 7) is 9.09. The van der Waals surface area contributed by atoms with Gasteiger partial charge >= 0.3 is 7.82 Å². The molecule has 512 valence electrons. The number of unbranched alkanes of at least 4 members (excludes halogenated alkanes) is 2. The van der Waals surface area contributed by atoms with Crippen LogP contribution >= 0.6 is 7.82 Å². The lowest BCUT2D eigenvalue weighted by Gasteiger charge is -2.43. The second-order valence-electron chi connectivity index (χ2n) is 25.6. The fraction of sp³-hybridized carbons (Fsp3) is 0.522. The first-order valence-corrected chi connectivity index (χ1v) is 34.5. The van der Waals surface area contributed by atoms with Gasteiger partial charge < -0.3 is 64.5 Å². The van der Waals surface area contributed by atoms with Crippen molar-refractivity contribution in [2.45, 2.75) is 146 Å². The zero-order chi connectivity index (χ0) is 67.5. The number of aromatic nitrogens is 4. The van der Waals surface area contributed by atoms with Crippen molar-refractivity contribution in [1.82, 2.24) is 45.7 Å². The molecule has 6 aliphatic rings. The monoisotopic (exact) mass is 1340 g/mol. The number of aliphatic hydroxyl groups excluding tert-OH is 1. The molecule has 28 nitrogen and oxygen atoms in total. The number of rotatable bonds is 31. The quantitative estimate of drug-likeness (QED) is 0.0148. The van der Waals surface area contributed by atoms with Gasteiger partial charge in [0.15, 0.2) is 18.4 Å². The summed E-state index contributed by atoms with van der Waals surface area (Å²) < 4.78 is 53.4. The number of hydrogen-bond acceptors (Lipinski definition) is 23. The average molecular weight is 1340 g/mol. The highest BCUT2D eigenvalue weighted by molar-refractivity contribution is 7.47. The number of amides is 5. The average Bonchev–Trinajstić information content (AvgIpc) is 1.42. The number of imide groups is 1. The number of ether oxygens (including phenoxy) is 4. The van der Waals surface area contributed by atoms with Crippen molar-refractivity contribution in [3.8, 4) is 34.8 Å². The number of nitrogens with zero attached hydrogens (tertiary/aromatic N) is 10. The molecular weight excluding hydrogens is 1260 g/mol. The summed E-state index contributed by atoms with van der Waals surface area (Å²) in [4.78, 5) is 88.0. The topological polar surface area (TPSA) is 353 Å². The highest BCUT2D eigenvalue weighted by Gasteiger charge is 2.45. The Morgan fingerprint density at radius 1 is 0.833 bits per heavy atom. The number of para-hydroxylation sites is 1. The predicted octanol–water partition coefficient (Wildman–Crippen LogP) is 5.96. The van der Waals surface area contributed by atoms with E-state index in [4.69, 9.17) is 38.3 Å². The Morgan fingerprint density at radius 2 is 1.58 bits per heavy atom. The van der Waals surface area contributed by atoms with Gasteiger partial charge in [-0.15, -0.1) is 10.2 Å². The van der Waals surface area contributed by atoms with Crippen LogP contribution < -0.4 is 40.4 Å². The maximum Gasteiger partial charge on any atom is 0.475 e. The number of phosphoric acid groups is 1. The third-order valence-electron chi connectivity index (χ3n) is 18.5. The van der Waals surface area contributed by atoms with Crippen molar-refractivity contribution in [2.75, 3.05) is 87.9 Å². The number of β-amino-alcohol motifs (C(OH)–C–C–N with tert-alkyl or cyclic N) is 1. The Bertz CT molecular complexity index is 3640. The largest absolute Gasteiger partial charge is 0.475 e. The molecule has 0 spiro atoms. The Kier molecular flexibility index (Phi) is 22.6. The van der Waals surface area contributed by atoms with E-state index in [9.17, 15) is 43.8 Å². The van der Waals surface area contributed by atoms with Crippen LogP contribution in [0.2, 0.25) is 0 Å². The van der Waals surface area contributed by atoms with Crippen molar-refractivity contribution in [1.29, 1.82) is 5.26 Å². The number of carbonyl (C=O) groups excluding carboxylic acids is 5. The zero-order valence-corrected chi connectivity index (χ0v) is 55.1. The van der Waals surface area contributed by atoms with Gasteiger partial charge in [-0.25, -0.2) is 14.1 Å². The van der Waals surface area contributed by atoms with Crippen molar-refractivity contribution in [3.63, 3.8) is 0 Å². The van der Waals surface area contributed by atoms with Gasteiger partial charge in [0.1, 0.15) is 30.4 Å². The lowest BCUT2D eigenvalue weighted by atomic mass is 9.91. The number of nitriles is 1. The summed E-state index contributed by atoms with van der Waals surface area (Å²) in [5.41, 5.74) is 10.7. The summed E-state index contributed by atoms with van der Waals surface area (Å²) in [6, 6.07) is 22.7. The first-order valence-electron chi connectivity index (χ1n) is 33.0. The minimum absolute atomic E-state index is 0.00654. The van der Waals surface area contributed by atoms with Crippen LogP contribution in [0.3, 0.4) is 0 Å². The van der Waals surface area contributed by atoms with Crippen LogP contribution in [-0.2, 0) is 42.3 Å². The minimum Gasteiger partial charge on any atom is -0.474 e. The molecule has 5 fully saturated rings. The molecule has 3 aromatic heterocycles. The van der Waals surface area contributed by atoms with Gasteiger partial charge in [0.25, 0.3) is 17.7 Å². The van der Waals surface area contributed by atoms with E-state index in [-0.39, 0.29) is 116 Å². The molecule has 5 aliphatic heterocycles. The van der Waals surface area contributed by atoms with E-state index in [1.54, 1.807) is 54.7 Å². The van der Waals surface area contributed by atoms with E-state index < -0.39 is 32.7 Å². The molecule has 1 aliphatic carbocycles. The second-order valence-corrected chi connectivity index (χ2v) is 27.0. The van der Waals surface area contributed by atoms with Crippen molar-refractivity contribution in [3.05, 3.63) is 108 Å². The molecule has 7 atom stereocenters. The zero-order valence-electron chi connectivity index (χ0n) is 54.2. The number of piperidine rings is 1. The molecule has 4 saturated heterocycles. The number of nitrogens with one attached hydrogen (secondary N) is 2. The second kappa shape index (κ2) is 31.5. The number of hydrogen-bond donors (Lipinski definition) is 5. The highest BCUT2D eigenvalue weighted by atomic mass is 31.2. The molecular formula is C67H84N13O15P. The van der Waals surface area contributed by atoms with Crippen LogP contribution in [0, 0.1) is 17.2 Å². The summed E-state index contributed by atoms with van der Waals surface area (Å²) in [5, 5.41) is 38.3. The number of aliphatic hydroxyl groups is 1. The summed E-state index contributed by atoms with van der Waals surface area (Å²) in [6.07, 6.45) is 11.0. The third-order valence-corrected chi connectivity index (χ3v) is 19.5. The standard InChI is InChI=1S/C67H84N13O15P/c1-42(2)64(67(86)79-40-49(81)32-56(79)66(85)72-43(3)45-14-12-44(37-68)13-15-45)58-36-61(75-95-58)89-30-28-76-26-21-50(22-27-76)93-51-33-52(34-51)94-60-31-46(20-23-71-60)80-47-16-17-48(80)39-77(38-47)55-35-54(73-74-65(55)69)53-9-6-7-10-57(53)90-41-92-96(87,88)91-29-24-70-59(82)11-5-4-8-25-78-62(83)18-19-63(78)84/h6-7,9-10,12-15,18-20,23,31,35-36,42-43,47-52,56,64,81H,4-5,8,11,16-17,21-22,24-30,32-34,38-41H2,1-3H3,(H2,69,74)(H,70,82)(H,72,85)(H,87,88)/t43-,47?,48?,49+,51?,52?,56-,64+/m0/s1. The van der Waals surface area contributed by atoms with E-state index >= 15 is 0 Å². The summed E-state index contributed by atoms with van der Waals surface area (Å²) in [7, 11) is -4.57. The maximum absolute atomic E-state index is 14.2. The molecule has 29 heteroatoms. The molecule has 6 N–H and O–H groups in total. The molecule has 0 radical (unpaired) electrons. The smallest absolute Gasteiger partial charge is 0.474 e. The molecule has 11 rings (SSSR count). The number of pyridine rings is 1. The van der Waals surface area contributed by atoms with Gasteiger partial charge in [0.05, 0.1) is 54.0 Å². The normalized spacial score (nSPS) is 22.4. The lowest BCUT2D eigenvalue weighted by Crippen LogP contribution is -2.54. The van der Waals surface area contributed by atoms with Gasteiger partial charge in [0, 0.05) is 132 Å². The van der Waals surface area contributed by atoms with Crippen LogP contribution in [0.1, 0.15) is 120 Å². The van der Waals surface area contributed by atoms with Gasteiger partial charge in [-0.2, -0.15) is 5.26 Å². The molecule has 96 heavy (non-hydrogen) atoms. The molecule has 1 saturated carbocycles. The number of benzene rings is 2. The maximum atomic E-state index is 14.2. The highest BCUT2D eigenvalue weighted by Crippen LogP contribution is 2.44. The predicted molar refractivity (Wildman–Crippen MR) is 349 cm³/mol. The van der Waals surface area contributed by atoms with Crippen molar-refractivity contribution < 1.29 is 71.1 Å². The van der Waals surface area contributed by atoms with Crippen LogP contribution in [0.25, 0.3) is 11.3 Å². The fourth-order valence-corrected chi connectivity index (χ4v) is 14.0. The molecule has 2 aromatic carbocycles. The summed E-state index contributed by atoms with van der Waals surface area (Å²) in [5.74, 6) is -0.843. The number of piperazine rings is 1. The van der Waals surface area contributed by atoms with Crippen LogP contribution in [0.15, 0.2) is 95.7 Å². The Morgan fingerprint density at radius 3 is 2.32 bits per heavy atom. The number of nitrogens with two attached hydrogens (primary N) is 1. The van der Waals surface area contributed by atoms with E-state index in [1.165, 1.54) is 17.1 Å². The van der Waals surface area contributed by atoms with Crippen LogP contribution in [-0.4, -0.2) is 189 Å². The first-order chi connectivity index (χ1) is 46.3. The summed E-state index contributed by atoms with van der Waals surface area (Å²) >= 11 is 0. The Labute approximate surface area is 556 Å². The number of phosphoric ester groups is 1. The molecule has 2 bridgehead atoms. The molecule has 5 amide bonds. The number of anilines is 3. The number of fused-ring (bicyclic) bond motifs is 2. The van der Waals surface area contributed by atoms with E-state index in [1.807, 2.05) is 45.0 Å². The lowest BCUT2D eigenvalue weighted by molar-refractivity contribution is -0.141. The van der Waals surface area contributed by atoms with Gasteiger partial charge in [-0.3, -0.25) is 38.3 Å². The molecule has 3 unspecified atom stereocenters. The molecule has 5 aromatic rings. The Balaban J connectivity index is 0.575. The van der Waals surface area contributed by atoms with Gasteiger partial charge in [-0.05, 0) is 98.5 Å².